The number of benzene rings is 2. The highest BCUT2D eigenvalue weighted by molar-refractivity contribution is 6.31. The molecule has 0 aliphatic rings. The van der Waals surface area contributed by atoms with Crippen LogP contribution >= 0.6 is 23.2 Å². The Bertz CT molecular complexity index is 613. The second-order valence-corrected chi connectivity index (χ2v) is 5.45. The number of halogens is 3. The van der Waals surface area contributed by atoms with Gasteiger partial charge in [-0.05, 0) is 42.8 Å². The zero-order chi connectivity index (χ0) is 14.7. The maximum Gasteiger partial charge on any atom is 0.129 e. The Morgan fingerprint density at radius 2 is 1.90 bits per heavy atom. The van der Waals surface area contributed by atoms with E-state index in [0.29, 0.717) is 15.6 Å². The first kappa shape index (κ1) is 15.3. The fraction of sp³-hybridized carbons (Fsp3) is 0.250. The van der Waals surface area contributed by atoms with E-state index in [1.165, 1.54) is 6.07 Å². The Kier molecular flexibility index (Phi) is 5.03. The summed E-state index contributed by atoms with van der Waals surface area (Å²) in [4.78, 5) is 0. The largest absolute Gasteiger partial charge is 0.306 e. The van der Waals surface area contributed by atoms with Gasteiger partial charge >= 0.3 is 0 Å². The third-order valence-electron chi connectivity index (χ3n) is 3.30. The summed E-state index contributed by atoms with van der Waals surface area (Å²) in [6.07, 6.45) is 0. The SMILES string of the molecule is CCNC(c1ccc(Cl)cc1F)c1cccc(Cl)c1C. The molecule has 106 valence electrons. The molecule has 1 nitrogen and oxygen atoms in total. The molecule has 0 amide bonds. The van der Waals surface area contributed by atoms with Gasteiger partial charge in [-0.2, -0.15) is 0 Å². The van der Waals surface area contributed by atoms with E-state index >= 15 is 0 Å². The number of hydrogen-bond acceptors (Lipinski definition) is 1. The van der Waals surface area contributed by atoms with Gasteiger partial charge in [-0.25, -0.2) is 4.39 Å². The lowest BCUT2D eigenvalue weighted by Gasteiger charge is -2.22. The molecule has 0 bridgehead atoms. The van der Waals surface area contributed by atoms with Gasteiger partial charge in [0, 0.05) is 15.6 Å². The molecule has 2 rings (SSSR count). The van der Waals surface area contributed by atoms with Crippen LogP contribution in [0.5, 0.6) is 0 Å². The summed E-state index contributed by atoms with van der Waals surface area (Å²) in [7, 11) is 0. The third-order valence-corrected chi connectivity index (χ3v) is 3.95. The molecule has 0 aliphatic heterocycles. The summed E-state index contributed by atoms with van der Waals surface area (Å²) in [6.45, 7) is 4.65. The molecule has 0 fully saturated rings. The van der Waals surface area contributed by atoms with E-state index in [-0.39, 0.29) is 11.9 Å². The minimum absolute atomic E-state index is 0.240. The summed E-state index contributed by atoms with van der Waals surface area (Å²) in [6, 6.07) is 10.2. The molecule has 1 unspecified atom stereocenters. The number of hydrogen-bond donors (Lipinski definition) is 1. The van der Waals surface area contributed by atoms with E-state index in [0.717, 1.165) is 17.7 Å². The van der Waals surface area contributed by atoms with Crippen molar-refractivity contribution < 1.29 is 4.39 Å². The average Bonchev–Trinajstić information content (AvgIpc) is 2.40. The zero-order valence-corrected chi connectivity index (χ0v) is 12.9. The van der Waals surface area contributed by atoms with Gasteiger partial charge in [0.15, 0.2) is 0 Å². The van der Waals surface area contributed by atoms with Gasteiger partial charge in [0.1, 0.15) is 5.82 Å². The van der Waals surface area contributed by atoms with E-state index in [1.807, 2.05) is 32.0 Å². The molecular formula is C16H16Cl2FN. The van der Waals surface area contributed by atoms with E-state index < -0.39 is 0 Å². The molecule has 0 aliphatic carbocycles. The Morgan fingerprint density at radius 3 is 2.55 bits per heavy atom. The van der Waals surface area contributed by atoms with Crippen molar-refractivity contribution in [3.05, 3.63) is 69.0 Å². The summed E-state index contributed by atoms with van der Waals surface area (Å²) in [5.41, 5.74) is 2.50. The van der Waals surface area contributed by atoms with E-state index in [1.54, 1.807) is 12.1 Å². The second kappa shape index (κ2) is 6.57. The van der Waals surface area contributed by atoms with Crippen LogP contribution in [-0.4, -0.2) is 6.54 Å². The van der Waals surface area contributed by atoms with Gasteiger partial charge in [-0.1, -0.05) is 48.3 Å². The Balaban J connectivity index is 2.53. The van der Waals surface area contributed by atoms with Crippen LogP contribution in [0.4, 0.5) is 4.39 Å². The summed E-state index contributed by atoms with van der Waals surface area (Å²) in [5, 5.41) is 4.38. The minimum Gasteiger partial charge on any atom is -0.306 e. The lowest BCUT2D eigenvalue weighted by Crippen LogP contribution is -2.23. The van der Waals surface area contributed by atoms with Crippen LogP contribution in [0.25, 0.3) is 0 Å². The van der Waals surface area contributed by atoms with Crippen LogP contribution in [0, 0.1) is 12.7 Å². The monoisotopic (exact) mass is 311 g/mol. The van der Waals surface area contributed by atoms with Crippen molar-refractivity contribution in [1.82, 2.24) is 5.32 Å². The normalized spacial score (nSPS) is 12.4. The quantitative estimate of drug-likeness (QED) is 0.824. The molecular weight excluding hydrogens is 296 g/mol. The lowest BCUT2D eigenvalue weighted by atomic mass is 9.94. The maximum absolute atomic E-state index is 14.2. The molecule has 2 aromatic rings. The van der Waals surface area contributed by atoms with Gasteiger partial charge in [-0.15, -0.1) is 0 Å². The smallest absolute Gasteiger partial charge is 0.129 e. The van der Waals surface area contributed by atoms with Gasteiger partial charge in [0.25, 0.3) is 0 Å². The topological polar surface area (TPSA) is 12.0 Å². The Hall–Kier alpha value is -1.09. The summed E-state index contributed by atoms with van der Waals surface area (Å²) >= 11 is 12.0. The van der Waals surface area contributed by atoms with Crippen LogP contribution in [0.3, 0.4) is 0 Å². The Labute approximate surface area is 128 Å². The van der Waals surface area contributed by atoms with Crippen molar-refractivity contribution in [2.75, 3.05) is 6.54 Å². The van der Waals surface area contributed by atoms with Crippen molar-refractivity contribution in [2.24, 2.45) is 0 Å². The first-order chi connectivity index (χ1) is 9.54. The van der Waals surface area contributed by atoms with E-state index in [9.17, 15) is 4.39 Å². The molecule has 2 aromatic carbocycles. The van der Waals surface area contributed by atoms with Crippen molar-refractivity contribution in [1.29, 1.82) is 0 Å². The molecule has 1 N–H and O–H groups in total. The van der Waals surface area contributed by atoms with Gasteiger partial charge in [0.2, 0.25) is 0 Å². The molecule has 1 atom stereocenters. The van der Waals surface area contributed by atoms with Gasteiger partial charge < -0.3 is 5.32 Å². The highest BCUT2D eigenvalue weighted by Crippen LogP contribution is 2.31. The summed E-state index contributed by atoms with van der Waals surface area (Å²) < 4.78 is 14.2. The van der Waals surface area contributed by atoms with E-state index in [2.05, 4.69) is 5.32 Å². The molecule has 0 saturated carbocycles. The fourth-order valence-corrected chi connectivity index (χ4v) is 2.60. The molecule has 4 heteroatoms. The van der Waals surface area contributed by atoms with Crippen LogP contribution in [0.15, 0.2) is 36.4 Å². The van der Waals surface area contributed by atoms with Crippen molar-refractivity contribution in [3.63, 3.8) is 0 Å². The first-order valence-corrected chi connectivity index (χ1v) is 7.23. The lowest BCUT2D eigenvalue weighted by molar-refractivity contribution is 0.558. The standard InChI is InChI=1S/C16H16Cl2FN/c1-3-20-16(12-5-4-6-14(18)10(12)2)13-8-7-11(17)9-15(13)19/h4-9,16,20H,3H2,1-2H3. The van der Waals surface area contributed by atoms with E-state index in [4.69, 9.17) is 23.2 Å². The van der Waals surface area contributed by atoms with Crippen molar-refractivity contribution in [2.45, 2.75) is 19.9 Å². The maximum atomic E-state index is 14.2. The number of nitrogens with one attached hydrogen (secondary N) is 1. The molecule has 0 radical (unpaired) electrons. The van der Waals surface area contributed by atoms with Crippen LogP contribution in [-0.2, 0) is 0 Å². The molecule has 0 aromatic heterocycles. The highest BCUT2D eigenvalue weighted by atomic mass is 35.5. The molecule has 0 heterocycles. The van der Waals surface area contributed by atoms with Crippen LogP contribution in [0.1, 0.15) is 29.7 Å². The predicted octanol–water partition coefficient (Wildman–Crippen LogP) is 5.14. The van der Waals surface area contributed by atoms with Crippen LogP contribution in [0.2, 0.25) is 10.0 Å². The molecule has 0 saturated heterocycles. The Morgan fingerprint density at radius 1 is 1.15 bits per heavy atom. The zero-order valence-electron chi connectivity index (χ0n) is 11.4. The molecule has 20 heavy (non-hydrogen) atoms. The third kappa shape index (κ3) is 3.14. The number of rotatable bonds is 4. The molecule has 0 spiro atoms. The minimum atomic E-state index is -0.317. The first-order valence-electron chi connectivity index (χ1n) is 6.48. The van der Waals surface area contributed by atoms with Crippen molar-refractivity contribution >= 4 is 23.2 Å². The highest BCUT2D eigenvalue weighted by Gasteiger charge is 2.19. The fourth-order valence-electron chi connectivity index (χ4n) is 2.26. The van der Waals surface area contributed by atoms with Gasteiger partial charge in [-0.3, -0.25) is 0 Å². The summed E-state index contributed by atoms with van der Waals surface area (Å²) in [5.74, 6) is -0.317. The van der Waals surface area contributed by atoms with Gasteiger partial charge in [0.05, 0.1) is 6.04 Å². The average molecular weight is 312 g/mol. The predicted molar refractivity (Wildman–Crippen MR) is 83.1 cm³/mol. The van der Waals surface area contributed by atoms with Crippen molar-refractivity contribution in [3.8, 4) is 0 Å². The second-order valence-electron chi connectivity index (χ2n) is 4.61. The van der Waals surface area contributed by atoms with Crippen LogP contribution < -0.4 is 5.32 Å².